The molecule has 0 radical (unpaired) electrons. The first-order valence-corrected chi connectivity index (χ1v) is 29.2. The van der Waals surface area contributed by atoms with Gasteiger partial charge in [-0.15, -0.1) is 0 Å². The topological polar surface area (TPSA) is 9.72 Å². The Labute approximate surface area is 487 Å². The molecule has 0 aromatic heterocycles. The lowest BCUT2D eigenvalue weighted by molar-refractivity contribution is 0.666. The van der Waals surface area contributed by atoms with Crippen molar-refractivity contribution < 1.29 is 0 Å². The molecular formula is C80H63N3. The minimum absolute atomic E-state index is 0.147. The lowest BCUT2D eigenvalue weighted by atomic mass is 9.80. The standard InChI is InChI=1S/C80H63N3/c1-52-22-16-17-29-66(52)68-40-34-54-46-60(37-43-67(54)53(68)2)81(57-23-10-7-11-24-57)63-49-64(82(58-25-12-8-13-26-58)61-38-44-69-55(47-61)35-41-73-71-30-18-20-32-75(71)79(3,4)77(69)73)51-65(50-63)83(59-27-14-9-15-28-59)62-39-45-70-56(48-62)36-42-74-72-31-19-21-33-76(72)80(5,6)78(70)74/h7-51H,1-6H3. The lowest BCUT2D eigenvalue weighted by Gasteiger charge is -2.33. The van der Waals surface area contributed by atoms with Crippen molar-refractivity contribution in [2.75, 3.05) is 14.7 Å². The van der Waals surface area contributed by atoms with Crippen LogP contribution in [0.3, 0.4) is 0 Å². The normalized spacial score (nSPS) is 13.4. The van der Waals surface area contributed by atoms with Crippen molar-refractivity contribution in [1.82, 2.24) is 0 Å². The molecule has 0 saturated carbocycles. The second-order valence-electron chi connectivity index (χ2n) is 23.8. The Kier molecular flexibility index (Phi) is 11.7. The predicted molar refractivity (Wildman–Crippen MR) is 353 cm³/mol. The number of benzene rings is 13. The second kappa shape index (κ2) is 19.4. The monoisotopic (exact) mass is 1070 g/mol. The van der Waals surface area contributed by atoms with Crippen molar-refractivity contribution in [3.05, 3.63) is 306 Å². The summed E-state index contributed by atoms with van der Waals surface area (Å²) in [6.07, 6.45) is 0. The summed E-state index contributed by atoms with van der Waals surface area (Å²) < 4.78 is 0. The van der Waals surface area contributed by atoms with E-state index in [-0.39, 0.29) is 10.8 Å². The van der Waals surface area contributed by atoms with Gasteiger partial charge in [0.15, 0.2) is 0 Å². The van der Waals surface area contributed by atoms with Crippen LogP contribution in [-0.4, -0.2) is 0 Å². The smallest absolute Gasteiger partial charge is 0.0503 e. The van der Waals surface area contributed by atoms with Crippen molar-refractivity contribution in [2.45, 2.75) is 52.4 Å². The zero-order valence-electron chi connectivity index (χ0n) is 47.8. The van der Waals surface area contributed by atoms with Crippen LogP contribution < -0.4 is 14.7 Å². The van der Waals surface area contributed by atoms with E-state index in [9.17, 15) is 0 Å². The van der Waals surface area contributed by atoms with Crippen molar-refractivity contribution in [1.29, 1.82) is 0 Å². The SMILES string of the molecule is Cc1ccccc1-c1ccc2cc(N(c3ccccc3)c3cc(N(c4ccccc4)c4ccc5c6c(ccc5c4)-c4ccccc4C6(C)C)cc(N(c4ccccc4)c4ccc5c6c(ccc5c4)-c4ccccc4C6(C)C)c3)ccc2c1C. The number of rotatable bonds is 10. The summed E-state index contributed by atoms with van der Waals surface area (Å²) in [5.74, 6) is 0. The van der Waals surface area contributed by atoms with E-state index in [2.05, 4.69) is 329 Å². The van der Waals surface area contributed by atoms with Crippen LogP contribution in [0.1, 0.15) is 61.1 Å². The van der Waals surface area contributed by atoms with Gasteiger partial charge in [-0.05, 0) is 204 Å². The van der Waals surface area contributed by atoms with Crippen LogP contribution >= 0.6 is 0 Å². The molecule has 0 saturated heterocycles. The Morgan fingerprint density at radius 3 is 0.988 bits per heavy atom. The van der Waals surface area contributed by atoms with Crippen LogP contribution in [0.4, 0.5) is 51.2 Å². The number of aryl methyl sites for hydroxylation is 2. The molecule has 0 bridgehead atoms. The highest BCUT2D eigenvalue weighted by atomic mass is 15.2. The van der Waals surface area contributed by atoms with Gasteiger partial charge in [-0.1, -0.05) is 210 Å². The molecule has 3 nitrogen and oxygen atoms in total. The zero-order valence-corrected chi connectivity index (χ0v) is 47.8. The van der Waals surface area contributed by atoms with Gasteiger partial charge in [0.2, 0.25) is 0 Å². The molecule has 0 atom stereocenters. The molecule has 2 aliphatic carbocycles. The number of anilines is 9. The van der Waals surface area contributed by atoms with E-state index in [1.807, 2.05) is 0 Å². The average molecular weight is 1070 g/mol. The third-order valence-electron chi connectivity index (χ3n) is 18.2. The molecule has 15 rings (SSSR count). The van der Waals surface area contributed by atoms with Crippen molar-refractivity contribution in [3.63, 3.8) is 0 Å². The highest BCUT2D eigenvalue weighted by Gasteiger charge is 2.38. The minimum atomic E-state index is -0.147. The summed E-state index contributed by atoms with van der Waals surface area (Å²) in [7, 11) is 0. The Morgan fingerprint density at radius 2 is 0.578 bits per heavy atom. The third kappa shape index (κ3) is 8.09. The molecule has 83 heavy (non-hydrogen) atoms. The highest BCUT2D eigenvalue weighted by molar-refractivity contribution is 6.03. The number of fused-ring (bicyclic) bond motifs is 11. The molecule has 3 heteroatoms. The van der Waals surface area contributed by atoms with Gasteiger partial charge in [-0.2, -0.15) is 0 Å². The summed E-state index contributed by atoms with van der Waals surface area (Å²) >= 11 is 0. The third-order valence-corrected chi connectivity index (χ3v) is 18.2. The van der Waals surface area contributed by atoms with Gasteiger partial charge in [0.05, 0.1) is 17.1 Å². The number of hydrogen-bond donors (Lipinski definition) is 0. The fraction of sp³-hybridized carbons (Fsp3) is 0.100. The molecule has 398 valence electrons. The zero-order chi connectivity index (χ0) is 56.1. The summed E-state index contributed by atoms with van der Waals surface area (Å²) in [6, 6.07) is 102. The predicted octanol–water partition coefficient (Wildman–Crippen LogP) is 22.5. The Morgan fingerprint density at radius 1 is 0.241 bits per heavy atom. The van der Waals surface area contributed by atoms with E-state index in [1.54, 1.807) is 0 Å². The maximum atomic E-state index is 2.45. The van der Waals surface area contributed by atoms with Gasteiger partial charge in [0.1, 0.15) is 0 Å². The van der Waals surface area contributed by atoms with Crippen LogP contribution in [0.25, 0.3) is 65.7 Å². The molecule has 13 aromatic carbocycles. The van der Waals surface area contributed by atoms with Crippen LogP contribution in [-0.2, 0) is 10.8 Å². The van der Waals surface area contributed by atoms with Crippen LogP contribution in [0.5, 0.6) is 0 Å². The summed E-state index contributed by atoms with van der Waals surface area (Å²) in [5.41, 5.74) is 25.1. The van der Waals surface area contributed by atoms with Gasteiger partial charge in [-0.25, -0.2) is 0 Å². The summed E-state index contributed by atoms with van der Waals surface area (Å²) in [5, 5.41) is 7.42. The quantitative estimate of drug-likeness (QED) is 0.135. The number of hydrogen-bond acceptors (Lipinski definition) is 3. The highest BCUT2D eigenvalue weighted by Crippen LogP contribution is 2.55. The van der Waals surface area contributed by atoms with E-state index in [0.717, 1.165) is 51.2 Å². The first kappa shape index (κ1) is 50.0. The molecule has 0 fully saturated rings. The molecule has 2 aliphatic rings. The molecule has 0 spiro atoms. The van der Waals surface area contributed by atoms with Crippen molar-refractivity contribution in [2.24, 2.45) is 0 Å². The molecule has 13 aromatic rings. The van der Waals surface area contributed by atoms with Crippen LogP contribution in [0.2, 0.25) is 0 Å². The second-order valence-corrected chi connectivity index (χ2v) is 23.8. The first-order valence-electron chi connectivity index (χ1n) is 29.2. The van der Waals surface area contributed by atoms with E-state index >= 15 is 0 Å². The fourth-order valence-electron chi connectivity index (χ4n) is 14.3. The maximum Gasteiger partial charge on any atom is 0.0503 e. The first-order chi connectivity index (χ1) is 40.5. The largest absolute Gasteiger partial charge is 0.310 e. The minimum Gasteiger partial charge on any atom is -0.310 e. The van der Waals surface area contributed by atoms with Gasteiger partial charge in [0.25, 0.3) is 0 Å². The molecule has 0 heterocycles. The Balaban J connectivity index is 0.964. The van der Waals surface area contributed by atoms with E-state index in [0.29, 0.717) is 0 Å². The summed E-state index contributed by atoms with van der Waals surface area (Å²) in [4.78, 5) is 7.34. The summed E-state index contributed by atoms with van der Waals surface area (Å²) in [6.45, 7) is 14.0. The van der Waals surface area contributed by atoms with E-state index in [1.165, 1.54) is 99.1 Å². The molecule has 0 N–H and O–H groups in total. The Bertz CT molecular complexity index is 4500. The molecular weight excluding hydrogens is 1000 g/mol. The molecule has 0 unspecified atom stereocenters. The van der Waals surface area contributed by atoms with Gasteiger partial charge >= 0.3 is 0 Å². The van der Waals surface area contributed by atoms with Gasteiger partial charge in [0, 0.05) is 45.0 Å². The molecule has 0 amide bonds. The average Bonchev–Trinajstić information content (AvgIpc) is 2.53. The Hall–Kier alpha value is -9.96. The number of para-hydroxylation sites is 3. The van der Waals surface area contributed by atoms with E-state index < -0.39 is 0 Å². The van der Waals surface area contributed by atoms with Crippen molar-refractivity contribution >= 4 is 83.5 Å². The maximum absolute atomic E-state index is 2.45. The van der Waals surface area contributed by atoms with Gasteiger partial charge < -0.3 is 14.7 Å². The number of nitrogens with zero attached hydrogens (tertiary/aromatic N) is 3. The van der Waals surface area contributed by atoms with Crippen LogP contribution in [0.15, 0.2) is 273 Å². The molecule has 0 aliphatic heterocycles. The van der Waals surface area contributed by atoms with Crippen LogP contribution in [0, 0.1) is 13.8 Å². The van der Waals surface area contributed by atoms with E-state index in [4.69, 9.17) is 0 Å². The van der Waals surface area contributed by atoms with Crippen molar-refractivity contribution in [3.8, 4) is 33.4 Å². The lowest BCUT2D eigenvalue weighted by Crippen LogP contribution is -2.17. The van der Waals surface area contributed by atoms with Gasteiger partial charge in [-0.3, -0.25) is 0 Å². The fourth-order valence-corrected chi connectivity index (χ4v) is 14.3.